The van der Waals surface area contributed by atoms with Crippen LogP contribution in [0.3, 0.4) is 0 Å². The quantitative estimate of drug-likeness (QED) is 0.518. The van der Waals surface area contributed by atoms with E-state index in [1.54, 1.807) is 44.7 Å². The number of nitrogens with one attached hydrogen (secondary N) is 1. The molecular weight excluding hydrogens is 377 g/mol. The van der Waals surface area contributed by atoms with Gasteiger partial charge in [0, 0.05) is 30.6 Å². The van der Waals surface area contributed by atoms with Gasteiger partial charge < -0.3 is 14.3 Å². The molecule has 144 valence electrons. The normalized spacial score (nSPS) is 11.3. The minimum atomic E-state index is -0.390. The van der Waals surface area contributed by atoms with Gasteiger partial charge in [0.2, 0.25) is 5.91 Å². The predicted molar refractivity (Wildman–Crippen MR) is 109 cm³/mol. The molecule has 1 aromatic carbocycles. The first kappa shape index (κ1) is 18.4. The second-order valence-corrected chi connectivity index (χ2v) is 7.67. The lowest BCUT2D eigenvalue weighted by Gasteiger charge is -2.13. The van der Waals surface area contributed by atoms with Crippen LogP contribution in [0.1, 0.15) is 17.7 Å². The topological polar surface area (TPSA) is 55.5 Å². The van der Waals surface area contributed by atoms with Gasteiger partial charge in [0.1, 0.15) is 11.3 Å². The summed E-state index contributed by atoms with van der Waals surface area (Å²) in [7, 11) is 0. The van der Waals surface area contributed by atoms with E-state index in [4.69, 9.17) is 0 Å². The molecule has 0 saturated heterocycles. The average molecular weight is 397 g/mol. The molecule has 4 aromatic rings. The molecule has 3 aromatic heterocycles. The zero-order chi connectivity index (χ0) is 19.5. The summed E-state index contributed by atoms with van der Waals surface area (Å²) in [6, 6.07) is 12.0. The summed E-state index contributed by atoms with van der Waals surface area (Å²) >= 11 is 1.67. The first-order chi connectivity index (χ1) is 13.6. The Morgan fingerprint density at radius 2 is 2.00 bits per heavy atom. The number of hydrogen-bond acceptors (Lipinski definition) is 3. The molecule has 0 unspecified atom stereocenters. The maximum Gasteiger partial charge on any atom is 0.275 e. The Bertz CT molecular complexity index is 1180. The van der Waals surface area contributed by atoms with Crippen LogP contribution in [-0.4, -0.2) is 21.4 Å². The molecule has 0 atom stereocenters. The number of benzene rings is 1. The molecule has 1 N–H and O–H groups in total. The Balaban J connectivity index is 1.45. The zero-order valence-electron chi connectivity index (χ0n) is 15.2. The first-order valence-electron chi connectivity index (χ1n) is 9.22. The average Bonchev–Trinajstić information content (AvgIpc) is 3.36. The number of carbonyl (C=O) groups is 1. The molecule has 0 aliphatic carbocycles. The van der Waals surface area contributed by atoms with Crippen LogP contribution < -0.4 is 10.9 Å². The van der Waals surface area contributed by atoms with Crippen molar-refractivity contribution in [2.75, 3.05) is 6.54 Å². The van der Waals surface area contributed by atoms with Gasteiger partial charge in [-0.2, -0.15) is 0 Å². The Hall–Kier alpha value is -2.93. The number of hydrogen-bond donors (Lipinski definition) is 1. The number of halogens is 1. The van der Waals surface area contributed by atoms with Gasteiger partial charge in [0.25, 0.3) is 5.56 Å². The second kappa shape index (κ2) is 7.98. The number of amides is 1. The molecule has 0 saturated carbocycles. The van der Waals surface area contributed by atoms with Crippen LogP contribution in [0.15, 0.2) is 58.8 Å². The Morgan fingerprint density at radius 1 is 1.11 bits per heavy atom. The Morgan fingerprint density at radius 3 is 2.82 bits per heavy atom. The van der Waals surface area contributed by atoms with E-state index < -0.39 is 5.82 Å². The Labute approximate surface area is 165 Å². The van der Waals surface area contributed by atoms with E-state index in [2.05, 4.69) is 5.32 Å². The molecule has 3 heterocycles. The molecule has 0 radical (unpaired) electrons. The van der Waals surface area contributed by atoms with Crippen molar-refractivity contribution in [3.05, 3.63) is 75.1 Å². The number of carbonyl (C=O) groups excluding carboxylic acids is 1. The standard InChI is InChI=1S/C21H20FN3O2S/c22-15-7-8-17-19(14-15)25(21(27)18-5-1-11-24(17)18)12-2-6-20(26)23-10-9-16-4-3-13-28-16/h1,3-5,7-8,11,13-14H,2,6,9-10,12H2,(H,23,26). The van der Waals surface area contributed by atoms with Gasteiger partial charge >= 0.3 is 0 Å². The summed E-state index contributed by atoms with van der Waals surface area (Å²) in [4.78, 5) is 26.1. The van der Waals surface area contributed by atoms with Crippen LogP contribution >= 0.6 is 11.3 Å². The van der Waals surface area contributed by atoms with Crippen molar-refractivity contribution in [1.29, 1.82) is 0 Å². The van der Waals surface area contributed by atoms with Gasteiger partial charge in [-0.15, -0.1) is 11.3 Å². The molecule has 0 aliphatic rings. The van der Waals surface area contributed by atoms with E-state index in [1.807, 2.05) is 17.5 Å². The minimum absolute atomic E-state index is 0.0381. The van der Waals surface area contributed by atoms with Crippen molar-refractivity contribution >= 4 is 33.8 Å². The van der Waals surface area contributed by atoms with Gasteiger partial charge in [0.15, 0.2) is 0 Å². The molecule has 1 amide bonds. The van der Waals surface area contributed by atoms with Crippen molar-refractivity contribution in [2.45, 2.75) is 25.8 Å². The van der Waals surface area contributed by atoms with E-state index >= 15 is 0 Å². The summed E-state index contributed by atoms with van der Waals surface area (Å²) in [5.74, 6) is -0.428. The highest BCUT2D eigenvalue weighted by Gasteiger charge is 2.12. The second-order valence-electron chi connectivity index (χ2n) is 6.64. The third kappa shape index (κ3) is 3.71. The molecule has 0 fully saturated rings. The van der Waals surface area contributed by atoms with Gasteiger partial charge in [-0.25, -0.2) is 4.39 Å². The highest BCUT2D eigenvalue weighted by Crippen LogP contribution is 2.17. The minimum Gasteiger partial charge on any atom is -0.356 e. The first-order valence-corrected chi connectivity index (χ1v) is 10.1. The van der Waals surface area contributed by atoms with E-state index in [-0.39, 0.29) is 11.5 Å². The van der Waals surface area contributed by atoms with Crippen molar-refractivity contribution in [3.8, 4) is 0 Å². The van der Waals surface area contributed by atoms with E-state index in [0.717, 1.165) is 11.9 Å². The van der Waals surface area contributed by atoms with Gasteiger partial charge in [-0.1, -0.05) is 6.07 Å². The smallest absolute Gasteiger partial charge is 0.275 e. The van der Waals surface area contributed by atoms with E-state index in [9.17, 15) is 14.0 Å². The molecule has 0 bridgehead atoms. The highest BCUT2D eigenvalue weighted by atomic mass is 32.1. The number of rotatable bonds is 7. The molecule has 7 heteroatoms. The summed E-state index contributed by atoms with van der Waals surface area (Å²) in [5.41, 5.74) is 1.66. The van der Waals surface area contributed by atoms with Crippen LogP contribution in [-0.2, 0) is 17.8 Å². The third-order valence-corrected chi connectivity index (χ3v) is 5.70. The number of fused-ring (bicyclic) bond motifs is 3. The van der Waals surface area contributed by atoms with E-state index in [1.165, 1.54) is 17.0 Å². The number of aryl methyl sites for hydroxylation is 1. The lowest BCUT2D eigenvalue weighted by atomic mass is 10.2. The fraction of sp³-hybridized carbons (Fsp3) is 0.238. The lowest BCUT2D eigenvalue weighted by Crippen LogP contribution is -2.27. The monoisotopic (exact) mass is 397 g/mol. The molecule has 5 nitrogen and oxygen atoms in total. The number of aromatic nitrogens is 2. The van der Waals surface area contributed by atoms with Crippen LogP contribution in [0.25, 0.3) is 16.6 Å². The van der Waals surface area contributed by atoms with Gasteiger partial charge in [-0.05, 0) is 54.6 Å². The summed E-state index contributed by atoms with van der Waals surface area (Å²) in [6.07, 6.45) is 3.44. The highest BCUT2D eigenvalue weighted by molar-refractivity contribution is 7.09. The van der Waals surface area contributed by atoms with Crippen molar-refractivity contribution in [3.63, 3.8) is 0 Å². The van der Waals surface area contributed by atoms with Gasteiger partial charge in [-0.3, -0.25) is 9.59 Å². The third-order valence-electron chi connectivity index (χ3n) is 4.76. The maximum absolute atomic E-state index is 13.8. The fourth-order valence-corrected chi connectivity index (χ4v) is 4.13. The van der Waals surface area contributed by atoms with Crippen LogP contribution in [0.4, 0.5) is 4.39 Å². The van der Waals surface area contributed by atoms with Crippen LogP contribution in [0, 0.1) is 5.82 Å². The molecule has 0 aliphatic heterocycles. The fourth-order valence-electron chi connectivity index (χ4n) is 3.42. The van der Waals surface area contributed by atoms with Crippen molar-refractivity contribution in [1.82, 2.24) is 14.3 Å². The molecule has 4 rings (SSSR count). The molecule has 0 spiro atoms. The molecular formula is C21H20FN3O2S. The summed E-state index contributed by atoms with van der Waals surface area (Å²) in [5, 5.41) is 4.93. The van der Waals surface area contributed by atoms with Crippen molar-refractivity contribution in [2.24, 2.45) is 0 Å². The Kier molecular flexibility index (Phi) is 5.25. The van der Waals surface area contributed by atoms with Crippen LogP contribution in [0.2, 0.25) is 0 Å². The lowest BCUT2D eigenvalue weighted by molar-refractivity contribution is -0.121. The van der Waals surface area contributed by atoms with Crippen LogP contribution in [0.5, 0.6) is 0 Å². The predicted octanol–water partition coefficient (Wildman–Crippen LogP) is 3.59. The summed E-state index contributed by atoms with van der Waals surface area (Å²) < 4.78 is 17.1. The largest absolute Gasteiger partial charge is 0.356 e. The van der Waals surface area contributed by atoms with Crippen molar-refractivity contribution < 1.29 is 9.18 Å². The summed E-state index contributed by atoms with van der Waals surface area (Å²) in [6.45, 7) is 0.961. The zero-order valence-corrected chi connectivity index (χ0v) is 16.0. The maximum atomic E-state index is 13.8. The van der Waals surface area contributed by atoms with Gasteiger partial charge in [0.05, 0.1) is 11.0 Å². The SMILES string of the molecule is O=C(CCCn1c(=O)c2cccn2c2ccc(F)cc21)NCCc1cccs1. The number of thiophene rings is 1. The van der Waals surface area contributed by atoms with E-state index in [0.29, 0.717) is 37.0 Å². The molecule has 28 heavy (non-hydrogen) atoms. The number of nitrogens with zero attached hydrogens (tertiary/aromatic N) is 2.